The Morgan fingerprint density at radius 3 is 2.70 bits per heavy atom. The number of aliphatic hydroxyl groups is 3. The van der Waals surface area contributed by atoms with E-state index in [0.717, 1.165) is 0 Å². The second-order valence-electron chi connectivity index (χ2n) is 4.39. The van der Waals surface area contributed by atoms with Crippen LogP contribution in [-0.2, 0) is 4.74 Å². The molecule has 3 heterocycles. The van der Waals surface area contributed by atoms with Crippen molar-refractivity contribution in [3.05, 3.63) is 12.7 Å². The molecular formula is C10H13N5O5. The van der Waals surface area contributed by atoms with Crippen LogP contribution in [0.15, 0.2) is 12.7 Å². The summed E-state index contributed by atoms with van der Waals surface area (Å²) in [5, 5.41) is 37.7. The fraction of sp³-hybridized carbons (Fsp3) is 0.500. The molecule has 0 spiro atoms. The molecule has 0 bridgehead atoms. The van der Waals surface area contributed by atoms with Crippen LogP contribution in [0.5, 0.6) is 0 Å². The lowest BCUT2D eigenvalue weighted by Crippen LogP contribution is -2.33. The van der Waals surface area contributed by atoms with Crippen LogP contribution in [-0.4, -0.2) is 65.0 Å². The number of rotatable bonds is 3. The van der Waals surface area contributed by atoms with Crippen molar-refractivity contribution in [2.24, 2.45) is 0 Å². The van der Waals surface area contributed by atoms with Gasteiger partial charge < -0.3 is 20.1 Å². The fourth-order valence-corrected chi connectivity index (χ4v) is 2.23. The Hall–Kier alpha value is -1.85. The normalized spacial score (nSPS) is 30.0. The highest BCUT2D eigenvalue weighted by Gasteiger charge is 2.43. The monoisotopic (exact) mass is 283 g/mol. The summed E-state index contributed by atoms with van der Waals surface area (Å²) in [5.74, 6) is 0.112. The zero-order valence-corrected chi connectivity index (χ0v) is 10.2. The van der Waals surface area contributed by atoms with Gasteiger partial charge in [-0.05, 0) is 0 Å². The van der Waals surface area contributed by atoms with E-state index in [1.807, 2.05) is 5.48 Å². The minimum absolute atomic E-state index is 0.112. The lowest BCUT2D eigenvalue weighted by Gasteiger charge is -2.16. The van der Waals surface area contributed by atoms with Crippen LogP contribution in [0.1, 0.15) is 6.23 Å². The highest BCUT2D eigenvalue weighted by atomic mass is 16.6. The number of nitrogens with zero attached hydrogens (tertiary/aromatic N) is 4. The Morgan fingerprint density at radius 2 is 2.05 bits per heavy atom. The standard InChI is InChI=1S/C10H13N5O5/c16-1-4-6(17)7(18)10(20-4)15-3-13-5-8(14-19)11-2-12-9(5)15/h2-4,6-7,10,16-19H,1H2,(H,11,12,14)/t4-,6-,7-,10-/m0/s1. The lowest BCUT2D eigenvalue weighted by atomic mass is 10.1. The molecule has 0 amide bonds. The van der Waals surface area contributed by atoms with E-state index in [0.29, 0.717) is 5.65 Å². The molecule has 20 heavy (non-hydrogen) atoms. The van der Waals surface area contributed by atoms with Crippen LogP contribution < -0.4 is 5.48 Å². The van der Waals surface area contributed by atoms with E-state index in [9.17, 15) is 10.2 Å². The van der Waals surface area contributed by atoms with Gasteiger partial charge in [-0.2, -0.15) is 0 Å². The Balaban J connectivity index is 2.03. The van der Waals surface area contributed by atoms with E-state index in [1.165, 1.54) is 17.2 Å². The highest BCUT2D eigenvalue weighted by Crippen LogP contribution is 2.31. The number of hydrogen-bond donors (Lipinski definition) is 5. The number of aromatic nitrogens is 4. The molecule has 0 saturated carbocycles. The first-order chi connectivity index (χ1) is 9.67. The third kappa shape index (κ3) is 1.82. The van der Waals surface area contributed by atoms with Crippen molar-refractivity contribution < 1.29 is 25.3 Å². The van der Waals surface area contributed by atoms with Gasteiger partial charge in [-0.1, -0.05) is 0 Å². The van der Waals surface area contributed by atoms with Crippen molar-refractivity contribution >= 4 is 17.0 Å². The molecule has 1 saturated heterocycles. The van der Waals surface area contributed by atoms with Gasteiger partial charge >= 0.3 is 0 Å². The van der Waals surface area contributed by atoms with Crippen molar-refractivity contribution in [3.8, 4) is 0 Å². The first-order valence-electron chi connectivity index (χ1n) is 5.87. The van der Waals surface area contributed by atoms with E-state index in [4.69, 9.17) is 15.1 Å². The SMILES string of the molecule is OC[C@@H]1O[C@H](n2cnc3c(NO)ncnc32)[C@@H](O)[C@H]1O. The summed E-state index contributed by atoms with van der Waals surface area (Å²) in [6.07, 6.45) is -1.70. The number of hydrogen-bond acceptors (Lipinski definition) is 9. The maximum absolute atomic E-state index is 9.97. The quantitative estimate of drug-likeness (QED) is 0.413. The molecule has 5 N–H and O–H groups in total. The number of aliphatic hydroxyl groups excluding tert-OH is 3. The number of anilines is 1. The summed E-state index contributed by atoms with van der Waals surface area (Å²) in [7, 11) is 0. The average Bonchev–Trinajstić information content (AvgIpc) is 3.01. The van der Waals surface area contributed by atoms with Crippen molar-refractivity contribution in [1.82, 2.24) is 19.5 Å². The van der Waals surface area contributed by atoms with Crippen LogP contribution >= 0.6 is 0 Å². The van der Waals surface area contributed by atoms with Crippen LogP contribution in [0.25, 0.3) is 11.2 Å². The molecule has 1 aliphatic heterocycles. The van der Waals surface area contributed by atoms with Gasteiger partial charge in [0.25, 0.3) is 0 Å². The zero-order chi connectivity index (χ0) is 14.3. The summed E-state index contributed by atoms with van der Waals surface area (Å²) >= 11 is 0. The molecule has 1 fully saturated rings. The predicted molar refractivity (Wildman–Crippen MR) is 63.7 cm³/mol. The van der Waals surface area contributed by atoms with Crippen LogP contribution in [0.2, 0.25) is 0 Å². The van der Waals surface area contributed by atoms with Gasteiger partial charge in [0.05, 0.1) is 12.9 Å². The minimum Gasteiger partial charge on any atom is -0.394 e. The van der Waals surface area contributed by atoms with Gasteiger partial charge in [-0.3, -0.25) is 15.3 Å². The predicted octanol–water partition coefficient (Wildman–Crippen LogP) is -1.76. The van der Waals surface area contributed by atoms with Crippen molar-refractivity contribution in [2.45, 2.75) is 24.5 Å². The summed E-state index contributed by atoms with van der Waals surface area (Å²) in [4.78, 5) is 11.8. The fourth-order valence-electron chi connectivity index (χ4n) is 2.23. The molecule has 10 heteroatoms. The molecule has 4 atom stereocenters. The number of imidazole rings is 1. The summed E-state index contributed by atoms with van der Waals surface area (Å²) in [5.41, 5.74) is 2.49. The van der Waals surface area contributed by atoms with Crippen molar-refractivity contribution in [2.75, 3.05) is 12.1 Å². The highest BCUT2D eigenvalue weighted by molar-refractivity contribution is 5.82. The summed E-state index contributed by atoms with van der Waals surface area (Å²) in [6.45, 7) is -0.417. The van der Waals surface area contributed by atoms with Crippen molar-refractivity contribution in [3.63, 3.8) is 0 Å². The van der Waals surface area contributed by atoms with E-state index in [-0.39, 0.29) is 11.3 Å². The average molecular weight is 283 g/mol. The smallest absolute Gasteiger partial charge is 0.181 e. The topological polar surface area (TPSA) is 146 Å². The third-order valence-electron chi connectivity index (χ3n) is 3.26. The Morgan fingerprint density at radius 1 is 1.25 bits per heavy atom. The first kappa shape index (κ1) is 13.1. The molecule has 2 aromatic heterocycles. The Kier molecular flexibility index (Phi) is 3.23. The van der Waals surface area contributed by atoms with Gasteiger partial charge in [-0.25, -0.2) is 15.0 Å². The van der Waals surface area contributed by atoms with Gasteiger partial charge in [0.2, 0.25) is 0 Å². The van der Waals surface area contributed by atoms with Gasteiger partial charge in [0.1, 0.15) is 24.6 Å². The number of fused-ring (bicyclic) bond motifs is 1. The molecule has 3 rings (SSSR count). The van der Waals surface area contributed by atoms with Crippen LogP contribution in [0, 0.1) is 0 Å². The molecule has 2 aromatic rings. The molecule has 0 radical (unpaired) electrons. The largest absolute Gasteiger partial charge is 0.394 e. The first-order valence-corrected chi connectivity index (χ1v) is 5.87. The third-order valence-corrected chi connectivity index (χ3v) is 3.26. The van der Waals surface area contributed by atoms with Gasteiger partial charge in [-0.15, -0.1) is 0 Å². The number of nitrogens with one attached hydrogen (secondary N) is 1. The van der Waals surface area contributed by atoms with Gasteiger partial charge in [0.15, 0.2) is 23.2 Å². The van der Waals surface area contributed by atoms with Crippen LogP contribution in [0.3, 0.4) is 0 Å². The summed E-state index contributed by atoms with van der Waals surface area (Å²) < 4.78 is 6.79. The molecule has 10 nitrogen and oxygen atoms in total. The Labute approximate surface area is 112 Å². The molecule has 108 valence electrons. The van der Waals surface area contributed by atoms with Crippen LogP contribution in [0.4, 0.5) is 5.82 Å². The zero-order valence-electron chi connectivity index (χ0n) is 10.2. The van der Waals surface area contributed by atoms with E-state index in [1.54, 1.807) is 0 Å². The van der Waals surface area contributed by atoms with E-state index < -0.39 is 31.1 Å². The van der Waals surface area contributed by atoms with E-state index in [2.05, 4.69) is 15.0 Å². The molecule has 0 unspecified atom stereocenters. The van der Waals surface area contributed by atoms with Crippen molar-refractivity contribution in [1.29, 1.82) is 0 Å². The maximum atomic E-state index is 9.97. The minimum atomic E-state index is -1.23. The lowest BCUT2D eigenvalue weighted by molar-refractivity contribution is -0.0511. The maximum Gasteiger partial charge on any atom is 0.181 e. The Bertz CT molecular complexity index is 619. The molecule has 0 aromatic carbocycles. The second kappa shape index (κ2) is 4.92. The van der Waals surface area contributed by atoms with E-state index >= 15 is 0 Å². The molecule has 0 aliphatic carbocycles. The number of ether oxygens (including phenoxy) is 1. The van der Waals surface area contributed by atoms with Gasteiger partial charge in [0, 0.05) is 0 Å². The molecular weight excluding hydrogens is 270 g/mol. The second-order valence-corrected chi connectivity index (χ2v) is 4.39. The summed E-state index contributed by atoms with van der Waals surface area (Å²) in [6, 6.07) is 0. The molecule has 1 aliphatic rings.